The van der Waals surface area contributed by atoms with E-state index < -0.39 is 0 Å². The third-order valence-corrected chi connectivity index (χ3v) is 4.41. The molecule has 0 bridgehead atoms. The molecule has 0 radical (unpaired) electrons. The van der Waals surface area contributed by atoms with E-state index in [4.69, 9.17) is 10.7 Å². The van der Waals surface area contributed by atoms with Crippen LogP contribution in [-0.2, 0) is 6.42 Å². The van der Waals surface area contributed by atoms with Gasteiger partial charge in [0, 0.05) is 24.5 Å². The molecule has 90 valence electrons. The Hall–Kier alpha value is -0.610. The molecule has 1 aromatic heterocycles. The van der Waals surface area contributed by atoms with Crippen molar-refractivity contribution >= 4 is 16.5 Å². The van der Waals surface area contributed by atoms with Gasteiger partial charge in [0.25, 0.3) is 0 Å². The van der Waals surface area contributed by atoms with Crippen molar-refractivity contribution in [3.05, 3.63) is 10.6 Å². The number of hydrogen-bond donors (Lipinski definition) is 1. The highest BCUT2D eigenvalue weighted by Gasteiger charge is 2.22. The third-order valence-electron chi connectivity index (χ3n) is 3.16. The molecule has 1 aliphatic carbocycles. The third kappa shape index (κ3) is 2.38. The molecule has 16 heavy (non-hydrogen) atoms. The smallest absolute Gasteiger partial charge is 0.185 e. The summed E-state index contributed by atoms with van der Waals surface area (Å²) in [6, 6.07) is 0.174. The van der Waals surface area contributed by atoms with Crippen LogP contribution in [0.3, 0.4) is 0 Å². The van der Waals surface area contributed by atoms with E-state index in [2.05, 4.69) is 18.9 Å². The average Bonchev–Trinajstić information content (AvgIpc) is 2.71. The van der Waals surface area contributed by atoms with E-state index in [-0.39, 0.29) is 6.04 Å². The molecule has 0 saturated carbocycles. The van der Waals surface area contributed by atoms with Crippen LogP contribution in [0.15, 0.2) is 0 Å². The van der Waals surface area contributed by atoms with Gasteiger partial charge in [0.05, 0.1) is 5.69 Å². The van der Waals surface area contributed by atoms with E-state index in [1.54, 1.807) is 0 Å². The van der Waals surface area contributed by atoms with Crippen molar-refractivity contribution in [2.24, 2.45) is 5.73 Å². The number of anilines is 1. The summed E-state index contributed by atoms with van der Waals surface area (Å²) < 4.78 is 0. The van der Waals surface area contributed by atoms with Crippen LogP contribution in [0.25, 0.3) is 0 Å². The SMILES string of the molecule is CCCCN(C)c1nc2c(s1)CCCC2N. The maximum atomic E-state index is 6.09. The van der Waals surface area contributed by atoms with Gasteiger partial charge in [-0.2, -0.15) is 0 Å². The predicted molar refractivity (Wildman–Crippen MR) is 70.2 cm³/mol. The van der Waals surface area contributed by atoms with Gasteiger partial charge in [-0.15, -0.1) is 11.3 Å². The lowest BCUT2D eigenvalue weighted by Gasteiger charge is -2.16. The summed E-state index contributed by atoms with van der Waals surface area (Å²) in [6.45, 7) is 3.31. The average molecular weight is 239 g/mol. The van der Waals surface area contributed by atoms with E-state index in [0.717, 1.165) is 23.8 Å². The summed E-state index contributed by atoms with van der Waals surface area (Å²) in [5, 5.41) is 1.15. The van der Waals surface area contributed by atoms with Gasteiger partial charge < -0.3 is 10.6 Å². The summed E-state index contributed by atoms with van der Waals surface area (Å²) in [6.07, 6.45) is 5.94. The first-order valence-electron chi connectivity index (χ1n) is 6.18. The molecule has 1 aromatic rings. The molecular weight excluding hydrogens is 218 g/mol. The topological polar surface area (TPSA) is 42.2 Å². The predicted octanol–water partition coefficient (Wildman–Crippen LogP) is 2.72. The Morgan fingerprint density at radius 2 is 2.38 bits per heavy atom. The Kier molecular flexibility index (Phi) is 3.82. The maximum absolute atomic E-state index is 6.09. The molecular formula is C12H21N3S. The van der Waals surface area contributed by atoms with Crippen molar-refractivity contribution in [1.29, 1.82) is 0 Å². The van der Waals surface area contributed by atoms with Crippen LogP contribution < -0.4 is 10.6 Å². The van der Waals surface area contributed by atoms with Crippen LogP contribution in [0.2, 0.25) is 0 Å². The fourth-order valence-corrected chi connectivity index (χ4v) is 3.25. The summed E-state index contributed by atoms with van der Waals surface area (Å²) in [4.78, 5) is 8.38. The first-order valence-corrected chi connectivity index (χ1v) is 7.00. The second kappa shape index (κ2) is 5.15. The summed E-state index contributed by atoms with van der Waals surface area (Å²) in [7, 11) is 2.13. The van der Waals surface area contributed by atoms with Gasteiger partial charge in [0.1, 0.15) is 0 Å². The zero-order chi connectivity index (χ0) is 11.5. The highest BCUT2D eigenvalue weighted by molar-refractivity contribution is 7.15. The first-order chi connectivity index (χ1) is 7.72. The molecule has 1 heterocycles. The van der Waals surface area contributed by atoms with Gasteiger partial charge in [-0.3, -0.25) is 0 Å². The van der Waals surface area contributed by atoms with Crippen molar-refractivity contribution in [2.45, 2.75) is 45.1 Å². The molecule has 0 spiro atoms. The van der Waals surface area contributed by atoms with Crippen molar-refractivity contribution in [1.82, 2.24) is 4.98 Å². The minimum Gasteiger partial charge on any atom is -0.351 e. The zero-order valence-electron chi connectivity index (χ0n) is 10.2. The monoisotopic (exact) mass is 239 g/mol. The Morgan fingerprint density at radius 3 is 3.06 bits per heavy atom. The van der Waals surface area contributed by atoms with Crippen molar-refractivity contribution in [3.63, 3.8) is 0 Å². The first kappa shape index (κ1) is 11.9. The molecule has 1 unspecified atom stereocenters. The number of unbranched alkanes of at least 4 members (excludes halogenated alkanes) is 1. The number of hydrogen-bond acceptors (Lipinski definition) is 4. The molecule has 0 saturated heterocycles. The van der Waals surface area contributed by atoms with Gasteiger partial charge in [0.2, 0.25) is 0 Å². The Labute approximate surface area is 102 Å². The fraction of sp³-hybridized carbons (Fsp3) is 0.750. The van der Waals surface area contributed by atoms with Crippen LogP contribution >= 0.6 is 11.3 Å². The molecule has 0 fully saturated rings. The molecule has 0 amide bonds. The van der Waals surface area contributed by atoms with E-state index >= 15 is 0 Å². The fourth-order valence-electron chi connectivity index (χ4n) is 2.09. The zero-order valence-corrected chi connectivity index (χ0v) is 11.0. The van der Waals surface area contributed by atoms with E-state index in [1.807, 2.05) is 11.3 Å². The van der Waals surface area contributed by atoms with Crippen molar-refractivity contribution in [2.75, 3.05) is 18.5 Å². The Balaban J connectivity index is 2.11. The van der Waals surface area contributed by atoms with Crippen molar-refractivity contribution in [3.8, 4) is 0 Å². The van der Waals surface area contributed by atoms with Gasteiger partial charge >= 0.3 is 0 Å². The van der Waals surface area contributed by atoms with Crippen LogP contribution in [0.5, 0.6) is 0 Å². The number of rotatable bonds is 4. The summed E-state index contributed by atoms with van der Waals surface area (Å²) >= 11 is 1.83. The number of nitrogens with zero attached hydrogens (tertiary/aromatic N) is 2. The van der Waals surface area contributed by atoms with Crippen LogP contribution in [0.1, 0.15) is 49.2 Å². The lowest BCUT2D eigenvalue weighted by atomic mass is 9.99. The molecule has 0 aromatic carbocycles. The maximum Gasteiger partial charge on any atom is 0.185 e. The quantitative estimate of drug-likeness (QED) is 0.878. The van der Waals surface area contributed by atoms with Gasteiger partial charge in [-0.05, 0) is 25.7 Å². The molecule has 1 aliphatic rings. The summed E-state index contributed by atoms with van der Waals surface area (Å²) in [5.74, 6) is 0. The number of aryl methyl sites for hydroxylation is 1. The lowest BCUT2D eigenvalue weighted by Crippen LogP contribution is -2.19. The molecule has 1 atom stereocenters. The minimum absolute atomic E-state index is 0.174. The van der Waals surface area contributed by atoms with E-state index in [9.17, 15) is 0 Å². The molecule has 2 N–H and O–H groups in total. The molecule has 3 nitrogen and oxygen atoms in total. The lowest BCUT2D eigenvalue weighted by molar-refractivity contribution is 0.563. The second-order valence-electron chi connectivity index (χ2n) is 4.58. The van der Waals surface area contributed by atoms with E-state index in [1.165, 1.54) is 30.6 Å². The molecule has 2 rings (SSSR count). The highest BCUT2D eigenvalue weighted by Crippen LogP contribution is 2.35. The summed E-state index contributed by atoms with van der Waals surface area (Å²) in [5.41, 5.74) is 7.25. The largest absolute Gasteiger partial charge is 0.351 e. The standard InChI is InChI=1S/C12H21N3S/c1-3-4-8-15(2)12-14-11-9(13)6-5-7-10(11)16-12/h9H,3-8,13H2,1-2H3. The number of thiazole rings is 1. The Bertz CT molecular complexity index is 348. The van der Waals surface area contributed by atoms with Gasteiger partial charge in [0.15, 0.2) is 5.13 Å². The normalized spacial score (nSPS) is 19.6. The van der Waals surface area contributed by atoms with Crippen LogP contribution in [-0.4, -0.2) is 18.6 Å². The molecule has 4 heteroatoms. The second-order valence-corrected chi connectivity index (χ2v) is 5.64. The molecule has 0 aliphatic heterocycles. The number of aromatic nitrogens is 1. The Morgan fingerprint density at radius 1 is 1.56 bits per heavy atom. The van der Waals surface area contributed by atoms with Crippen LogP contribution in [0, 0.1) is 0 Å². The minimum atomic E-state index is 0.174. The van der Waals surface area contributed by atoms with Crippen LogP contribution in [0.4, 0.5) is 5.13 Å². The van der Waals surface area contributed by atoms with Gasteiger partial charge in [-0.1, -0.05) is 13.3 Å². The number of nitrogens with two attached hydrogens (primary N) is 1. The van der Waals surface area contributed by atoms with E-state index in [0.29, 0.717) is 0 Å². The number of fused-ring (bicyclic) bond motifs is 1. The van der Waals surface area contributed by atoms with Gasteiger partial charge in [-0.25, -0.2) is 4.98 Å². The van der Waals surface area contributed by atoms with Crippen molar-refractivity contribution < 1.29 is 0 Å². The highest BCUT2D eigenvalue weighted by atomic mass is 32.1.